The van der Waals surface area contributed by atoms with E-state index in [4.69, 9.17) is 15.6 Å². The summed E-state index contributed by atoms with van der Waals surface area (Å²) in [6.45, 7) is 0. The molecule has 4 unspecified atom stereocenters. The van der Waals surface area contributed by atoms with Crippen LogP contribution in [0.5, 0.6) is 0 Å². The van der Waals surface area contributed by atoms with Gasteiger partial charge in [-0.1, -0.05) is 0 Å². The summed E-state index contributed by atoms with van der Waals surface area (Å²) in [5, 5.41) is 28.2. The summed E-state index contributed by atoms with van der Waals surface area (Å²) in [5.41, 5.74) is 4.55. The van der Waals surface area contributed by atoms with E-state index in [0.717, 1.165) is 4.57 Å². The molecule has 0 amide bonds. The Hall–Kier alpha value is -1.97. The highest BCUT2D eigenvalue weighted by Gasteiger charge is 2.41. The Bertz CT molecular complexity index is 544. The van der Waals surface area contributed by atoms with E-state index in [2.05, 4.69) is 4.98 Å². The molecule has 4 atom stereocenters. The first-order valence-corrected chi connectivity index (χ1v) is 5.49. The van der Waals surface area contributed by atoms with E-state index in [1.165, 1.54) is 12.3 Å². The molecule has 0 spiro atoms. The van der Waals surface area contributed by atoms with Crippen LogP contribution in [0, 0.1) is 0 Å². The average Bonchev–Trinajstić information content (AvgIpc) is 2.30. The van der Waals surface area contributed by atoms with Gasteiger partial charge in [-0.25, -0.2) is 9.59 Å². The predicted octanol–water partition coefficient (Wildman–Crippen LogP) is -2.08. The van der Waals surface area contributed by atoms with Crippen molar-refractivity contribution < 1.29 is 24.9 Å². The normalized spacial score (nSPS) is 31.1. The SMILES string of the molecule is Nc1ccn(C2OC(C(=O)O)C(O)CC2O)c(=O)n1. The van der Waals surface area contributed by atoms with Crippen molar-refractivity contribution in [3.05, 3.63) is 22.7 Å². The van der Waals surface area contributed by atoms with E-state index in [1.807, 2.05) is 0 Å². The molecule has 1 fully saturated rings. The number of aliphatic carboxylic acids is 1. The third-order valence-electron chi connectivity index (χ3n) is 2.82. The number of anilines is 1. The summed E-state index contributed by atoms with van der Waals surface area (Å²) in [4.78, 5) is 26.0. The van der Waals surface area contributed by atoms with Gasteiger partial charge in [-0.05, 0) is 6.07 Å². The molecule has 0 bridgehead atoms. The van der Waals surface area contributed by atoms with Gasteiger partial charge in [0.1, 0.15) is 11.9 Å². The van der Waals surface area contributed by atoms with Crippen LogP contribution in [0.4, 0.5) is 5.82 Å². The molecular weight excluding hydrogens is 258 g/mol. The third-order valence-corrected chi connectivity index (χ3v) is 2.82. The lowest BCUT2D eigenvalue weighted by atomic mass is 10.0. The van der Waals surface area contributed by atoms with Crippen molar-refractivity contribution in [3.8, 4) is 0 Å². The quantitative estimate of drug-likeness (QED) is 0.479. The molecule has 5 N–H and O–H groups in total. The smallest absolute Gasteiger partial charge is 0.351 e. The fourth-order valence-corrected chi connectivity index (χ4v) is 1.91. The van der Waals surface area contributed by atoms with E-state index < -0.39 is 36.2 Å². The first-order valence-electron chi connectivity index (χ1n) is 5.49. The van der Waals surface area contributed by atoms with E-state index in [9.17, 15) is 19.8 Å². The van der Waals surface area contributed by atoms with Gasteiger partial charge >= 0.3 is 11.7 Å². The molecule has 2 rings (SSSR count). The Kier molecular flexibility index (Phi) is 3.51. The summed E-state index contributed by atoms with van der Waals surface area (Å²) in [6, 6.07) is 1.32. The number of aliphatic hydroxyl groups is 2. The van der Waals surface area contributed by atoms with Crippen LogP contribution in [0.3, 0.4) is 0 Å². The molecule has 1 aliphatic heterocycles. The van der Waals surface area contributed by atoms with Crippen LogP contribution >= 0.6 is 0 Å². The predicted molar refractivity (Wildman–Crippen MR) is 61.1 cm³/mol. The number of carboxylic acids is 1. The molecule has 1 aliphatic rings. The molecule has 0 radical (unpaired) electrons. The van der Waals surface area contributed by atoms with Crippen molar-refractivity contribution >= 4 is 11.8 Å². The van der Waals surface area contributed by atoms with Crippen LogP contribution in [0.25, 0.3) is 0 Å². The van der Waals surface area contributed by atoms with Gasteiger partial charge in [0.05, 0.1) is 6.10 Å². The molecule has 0 saturated carbocycles. The molecule has 9 nitrogen and oxygen atoms in total. The zero-order valence-corrected chi connectivity index (χ0v) is 9.71. The molecule has 2 heterocycles. The van der Waals surface area contributed by atoms with Crippen molar-refractivity contribution in [2.24, 2.45) is 0 Å². The third kappa shape index (κ3) is 2.57. The van der Waals surface area contributed by atoms with Crippen LogP contribution in [0.2, 0.25) is 0 Å². The average molecular weight is 271 g/mol. The molecule has 1 aromatic heterocycles. The maximum atomic E-state index is 11.6. The molecule has 1 saturated heterocycles. The molecular formula is C10H13N3O6. The van der Waals surface area contributed by atoms with Crippen LogP contribution in [-0.4, -0.2) is 49.2 Å². The van der Waals surface area contributed by atoms with Crippen molar-refractivity contribution in [1.29, 1.82) is 0 Å². The van der Waals surface area contributed by atoms with E-state index in [0.29, 0.717) is 0 Å². The minimum absolute atomic E-state index is 0.00127. The lowest BCUT2D eigenvalue weighted by molar-refractivity contribution is -0.210. The number of ether oxygens (including phenoxy) is 1. The Morgan fingerprint density at radius 2 is 2.16 bits per heavy atom. The molecule has 0 aromatic carbocycles. The Morgan fingerprint density at radius 1 is 1.47 bits per heavy atom. The van der Waals surface area contributed by atoms with Crippen LogP contribution in [0.15, 0.2) is 17.1 Å². The number of carboxylic acid groups (broad SMARTS) is 1. The number of hydrogen-bond acceptors (Lipinski definition) is 7. The maximum absolute atomic E-state index is 11.6. The topological polar surface area (TPSA) is 148 Å². The van der Waals surface area contributed by atoms with Crippen molar-refractivity contribution in [3.63, 3.8) is 0 Å². The highest BCUT2D eigenvalue weighted by Crippen LogP contribution is 2.26. The monoisotopic (exact) mass is 271 g/mol. The Balaban J connectivity index is 2.32. The second-order valence-electron chi connectivity index (χ2n) is 4.20. The van der Waals surface area contributed by atoms with E-state index in [-0.39, 0.29) is 12.2 Å². The minimum atomic E-state index is -1.52. The molecule has 1 aromatic rings. The summed E-state index contributed by atoms with van der Waals surface area (Å²) < 4.78 is 6.00. The molecule has 9 heteroatoms. The lowest BCUT2D eigenvalue weighted by Crippen LogP contribution is -2.50. The van der Waals surface area contributed by atoms with Crippen molar-refractivity contribution in [2.45, 2.75) is 31.0 Å². The zero-order valence-electron chi connectivity index (χ0n) is 9.71. The first-order chi connectivity index (χ1) is 8.90. The fraction of sp³-hybridized carbons (Fsp3) is 0.500. The van der Waals surface area contributed by atoms with Gasteiger partial charge in [0.2, 0.25) is 0 Å². The van der Waals surface area contributed by atoms with Crippen LogP contribution < -0.4 is 11.4 Å². The Morgan fingerprint density at radius 3 is 2.74 bits per heavy atom. The molecule has 19 heavy (non-hydrogen) atoms. The fourth-order valence-electron chi connectivity index (χ4n) is 1.91. The summed E-state index contributed by atoms with van der Waals surface area (Å²) >= 11 is 0. The summed E-state index contributed by atoms with van der Waals surface area (Å²) in [7, 11) is 0. The number of nitrogen functional groups attached to an aromatic ring is 1. The lowest BCUT2D eigenvalue weighted by Gasteiger charge is -2.35. The van der Waals surface area contributed by atoms with Gasteiger partial charge in [0, 0.05) is 12.6 Å². The van der Waals surface area contributed by atoms with Crippen molar-refractivity contribution in [2.75, 3.05) is 5.73 Å². The maximum Gasteiger partial charge on any atom is 0.351 e. The number of carbonyl (C=O) groups is 1. The van der Waals surface area contributed by atoms with Gasteiger partial charge in [-0.2, -0.15) is 4.98 Å². The first kappa shape index (κ1) is 13.5. The van der Waals surface area contributed by atoms with Crippen LogP contribution in [-0.2, 0) is 9.53 Å². The van der Waals surface area contributed by atoms with Gasteiger partial charge in [-0.3, -0.25) is 4.57 Å². The standard InChI is InChI=1S/C10H13N3O6/c11-6-1-2-13(10(18)12-6)8-5(15)3-4(14)7(19-8)9(16)17/h1-2,4-5,7-8,14-15H,3H2,(H,16,17)(H2,11,12,18). The number of nitrogens with zero attached hydrogens (tertiary/aromatic N) is 2. The van der Waals surface area contributed by atoms with Gasteiger partial charge in [0.15, 0.2) is 12.3 Å². The molecule has 0 aliphatic carbocycles. The minimum Gasteiger partial charge on any atom is -0.479 e. The highest BCUT2D eigenvalue weighted by molar-refractivity contribution is 5.73. The molecule has 104 valence electrons. The number of rotatable bonds is 2. The van der Waals surface area contributed by atoms with Gasteiger partial charge < -0.3 is 25.8 Å². The second-order valence-corrected chi connectivity index (χ2v) is 4.20. The highest BCUT2D eigenvalue weighted by atomic mass is 16.6. The number of nitrogens with two attached hydrogens (primary N) is 1. The number of aromatic nitrogens is 2. The van der Waals surface area contributed by atoms with Crippen molar-refractivity contribution in [1.82, 2.24) is 9.55 Å². The van der Waals surface area contributed by atoms with E-state index in [1.54, 1.807) is 0 Å². The van der Waals surface area contributed by atoms with Crippen LogP contribution in [0.1, 0.15) is 12.6 Å². The number of hydrogen-bond donors (Lipinski definition) is 4. The largest absolute Gasteiger partial charge is 0.479 e. The zero-order chi connectivity index (χ0) is 14.2. The summed E-state index contributed by atoms with van der Waals surface area (Å²) in [6.07, 6.45) is -4.30. The van der Waals surface area contributed by atoms with Gasteiger partial charge in [-0.15, -0.1) is 0 Å². The van der Waals surface area contributed by atoms with E-state index >= 15 is 0 Å². The second kappa shape index (κ2) is 4.96. The summed E-state index contributed by atoms with van der Waals surface area (Å²) in [5.74, 6) is -1.37. The Labute approximate surface area is 106 Å². The van der Waals surface area contributed by atoms with Gasteiger partial charge in [0.25, 0.3) is 0 Å². The number of aliphatic hydroxyl groups excluding tert-OH is 2.